The fraction of sp³-hybridized carbons (Fsp3) is 0.647. The van der Waals surface area contributed by atoms with Crippen molar-refractivity contribution in [2.45, 2.75) is 53.8 Å². The minimum atomic E-state index is -0.214. The van der Waals surface area contributed by atoms with Gasteiger partial charge in [0.25, 0.3) is 0 Å². The molecule has 0 saturated heterocycles. The summed E-state index contributed by atoms with van der Waals surface area (Å²) in [4.78, 5) is 0. The Hall–Kier alpha value is -1.02. The lowest BCUT2D eigenvalue weighted by atomic mass is 9.70. The van der Waals surface area contributed by atoms with Gasteiger partial charge in [0, 0.05) is 7.11 Å². The van der Waals surface area contributed by atoms with Gasteiger partial charge in [0.05, 0.1) is 0 Å². The molecule has 2 nitrogen and oxygen atoms in total. The van der Waals surface area contributed by atoms with Gasteiger partial charge in [-0.1, -0.05) is 46.8 Å². The van der Waals surface area contributed by atoms with Crippen LogP contribution < -0.4 is 4.74 Å². The second-order valence-electron chi connectivity index (χ2n) is 6.58. The molecule has 0 aromatic heterocycles. The zero-order valence-electron chi connectivity index (χ0n) is 13.4. The van der Waals surface area contributed by atoms with E-state index in [1.54, 1.807) is 7.11 Å². The summed E-state index contributed by atoms with van der Waals surface area (Å²) in [5.74, 6) is 2.01. The van der Waals surface area contributed by atoms with E-state index < -0.39 is 0 Å². The van der Waals surface area contributed by atoms with Crippen LogP contribution in [0.4, 0.5) is 0 Å². The van der Waals surface area contributed by atoms with Crippen molar-refractivity contribution in [3.8, 4) is 5.75 Å². The van der Waals surface area contributed by atoms with E-state index in [1.807, 2.05) is 19.1 Å². The molecule has 108 valence electrons. The molecule has 19 heavy (non-hydrogen) atoms. The van der Waals surface area contributed by atoms with Crippen LogP contribution in [-0.4, -0.2) is 13.4 Å². The first-order chi connectivity index (χ1) is 8.75. The van der Waals surface area contributed by atoms with Crippen LogP contribution in [0.15, 0.2) is 24.3 Å². The van der Waals surface area contributed by atoms with Crippen LogP contribution in [-0.2, 0) is 4.74 Å². The Morgan fingerprint density at radius 2 is 1.47 bits per heavy atom. The molecule has 0 fully saturated rings. The summed E-state index contributed by atoms with van der Waals surface area (Å²) in [5.41, 5.74) is 1.64. The smallest absolute Gasteiger partial charge is 0.196 e. The Bertz CT molecular complexity index is 373. The molecule has 0 aliphatic heterocycles. The van der Waals surface area contributed by atoms with Crippen molar-refractivity contribution in [3.05, 3.63) is 29.8 Å². The number of hydrogen-bond acceptors (Lipinski definition) is 2. The van der Waals surface area contributed by atoms with Crippen molar-refractivity contribution in [2.75, 3.05) is 7.11 Å². The highest BCUT2D eigenvalue weighted by Crippen LogP contribution is 2.40. The molecular weight excluding hydrogens is 236 g/mol. The molecule has 0 aliphatic carbocycles. The van der Waals surface area contributed by atoms with Crippen LogP contribution in [0.2, 0.25) is 0 Å². The third-order valence-electron chi connectivity index (χ3n) is 3.47. The van der Waals surface area contributed by atoms with E-state index in [0.29, 0.717) is 11.8 Å². The molecule has 1 rings (SSSR count). The monoisotopic (exact) mass is 264 g/mol. The summed E-state index contributed by atoms with van der Waals surface area (Å²) in [5, 5.41) is 0. The minimum Gasteiger partial charge on any atom is -0.465 e. The second kappa shape index (κ2) is 6.42. The van der Waals surface area contributed by atoms with Crippen molar-refractivity contribution in [1.29, 1.82) is 0 Å². The van der Waals surface area contributed by atoms with Crippen LogP contribution >= 0.6 is 0 Å². The van der Waals surface area contributed by atoms with Gasteiger partial charge >= 0.3 is 0 Å². The quantitative estimate of drug-likeness (QED) is 0.708. The van der Waals surface area contributed by atoms with E-state index in [9.17, 15) is 0 Å². The minimum absolute atomic E-state index is 0.214. The maximum Gasteiger partial charge on any atom is 0.196 e. The molecule has 0 spiro atoms. The first-order valence-corrected chi connectivity index (χ1v) is 7.05. The number of methoxy groups -OCH3 is 1. The summed E-state index contributed by atoms with van der Waals surface area (Å²) in [6.07, 6.45) is -0.214. The Kier molecular flexibility index (Phi) is 5.42. The summed E-state index contributed by atoms with van der Waals surface area (Å²) in [7, 11) is 1.65. The Morgan fingerprint density at radius 3 is 1.84 bits per heavy atom. The molecule has 2 atom stereocenters. The average molecular weight is 264 g/mol. The van der Waals surface area contributed by atoms with Gasteiger partial charge in [0.2, 0.25) is 0 Å². The van der Waals surface area contributed by atoms with Gasteiger partial charge in [-0.25, -0.2) is 0 Å². The molecule has 0 heterocycles. The maximum absolute atomic E-state index is 5.62. The zero-order valence-corrected chi connectivity index (χ0v) is 13.4. The lowest BCUT2D eigenvalue weighted by Crippen LogP contribution is -2.23. The fourth-order valence-electron chi connectivity index (χ4n) is 2.88. The van der Waals surface area contributed by atoms with Crippen molar-refractivity contribution in [2.24, 2.45) is 11.3 Å². The first kappa shape index (κ1) is 16.0. The molecule has 0 bridgehead atoms. The van der Waals surface area contributed by atoms with Gasteiger partial charge in [-0.3, -0.25) is 0 Å². The van der Waals surface area contributed by atoms with E-state index in [1.165, 1.54) is 5.56 Å². The number of benzene rings is 1. The second-order valence-corrected chi connectivity index (χ2v) is 6.58. The predicted molar refractivity (Wildman–Crippen MR) is 80.6 cm³/mol. The predicted octanol–water partition coefficient (Wildman–Crippen LogP) is 4.84. The Labute approximate surface area is 118 Å². The molecule has 2 heteroatoms. The van der Waals surface area contributed by atoms with Crippen LogP contribution in [0.1, 0.15) is 53.0 Å². The average Bonchev–Trinajstić information content (AvgIpc) is 2.29. The van der Waals surface area contributed by atoms with E-state index in [-0.39, 0.29) is 11.7 Å². The van der Waals surface area contributed by atoms with Crippen LogP contribution in [0.25, 0.3) is 0 Å². The molecule has 1 aromatic rings. The Balaban J connectivity index is 2.90. The lowest BCUT2D eigenvalue weighted by Gasteiger charge is -2.34. The largest absolute Gasteiger partial charge is 0.465 e. The highest BCUT2D eigenvalue weighted by molar-refractivity contribution is 5.30. The third kappa shape index (κ3) is 4.54. The highest BCUT2D eigenvalue weighted by Gasteiger charge is 2.28. The summed E-state index contributed by atoms with van der Waals surface area (Å²) in [6.45, 7) is 13.4. The van der Waals surface area contributed by atoms with E-state index in [0.717, 1.165) is 5.75 Å². The van der Waals surface area contributed by atoms with Gasteiger partial charge < -0.3 is 9.47 Å². The normalized spacial score (nSPS) is 15.4. The van der Waals surface area contributed by atoms with E-state index in [2.05, 4.69) is 46.8 Å². The van der Waals surface area contributed by atoms with Gasteiger partial charge in [0.15, 0.2) is 6.29 Å². The van der Waals surface area contributed by atoms with Crippen molar-refractivity contribution in [1.82, 2.24) is 0 Å². The topological polar surface area (TPSA) is 18.5 Å². The third-order valence-corrected chi connectivity index (χ3v) is 3.47. The van der Waals surface area contributed by atoms with Gasteiger partial charge in [0.1, 0.15) is 5.75 Å². The summed E-state index contributed by atoms with van der Waals surface area (Å²) >= 11 is 0. The van der Waals surface area contributed by atoms with Crippen molar-refractivity contribution in [3.63, 3.8) is 0 Å². The van der Waals surface area contributed by atoms with Crippen LogP contribution in [0, 0.1) is 11.3 Å². The van der Waals surface area contributed by atoms with Crippen LogP contribution in [0.3, 0.4) is 0 Å². The van der Waals surface area contributed by atoms with Crippen molar-refractivity contribution < 1.29 is 9.47 Å². The van der Waals surface area contributed by atoms with Gasteiger partial charge in [-0.05, 0) is 41.9 Å². The molecule has 0 saturated carbocycles. The number of ether oxygens (including phenoxy) is 2. The standard InChI is InChI=1S/C17H28O2/c1-12(2)16(17(4,5)6)14-8-10-15(11-9-14)19-13(3)18-7/h8-13,16H,1-7H3. The van der Waals surface area contributed by atoms with E-state index >= 15 is 0 Å². The maximum atomic E-state index is 5.62. The van der Waals surface area contributed by atoms with Gasteiger partial charge in [-0.15, -0.1) is 0 Å². The van der Waals surface area contributed by atoms with Crippen molar-refractivity contribution >= 4 is 0 Å². The fourth-order valence-corrected chi connectivity index (χ4v) is 2.88. The number of rotatable bonds is 5. The van der Waals surface area contributed by atoms with E-state index in [4.69, 9.17) is 9.47 Å². The Morgan fingerprint density at radius 1 is 0.947 bits per heavy atom. The summed E-state index contributed by atoms with van der Waals surface area (Å²) < 4.78 is 10.7. The molecular formula is C17H28O2. The molecule has 0 radical (unpaired) electrons. The number of hydrogen-bond donors (Lipinski definition) is 0. The van der Waals surface area contributed by atoms with Crippen LogP contribution in [0.5, 0.6) is 5.75 Å². The summed E-state index contributed by atoms with van der Waals surface area (Å²) in [6, 6.07) is 8.42. The molecule has 0 aliphatic rings. The lowest BCUT2D eigenvalue weighted by molar-refractivity contribution is -0.0383. The first-order valence-electron chi connectivity index (χ1n) is 7.05. The zero-order chi connectivity index (χ0) is 14.6. The van der Waals surface area contributed by atoms with Gasteiger partial charge in [-0.2, -0.15) is 0 Å². The molecule has 0 amide bonds. The SMILES string of the molecule is COC(C)Oc1ccc(C(C(C)C)C(C)(C)C)cc1. The molecule has 0 N–H and O–H groups in total. The molecule has 2 unspecified atom stereocenters. The molecule has 1 aromatic carbocycles. The highest BCUT2D eigenvalue weighted by atomic mass is 16.7.